The van der Waals surface area contributed by atoms with Crippen molar-refractivity contribution in [1.29, 1.82) is 0 Å². The van der Waals surface area contributed by atoms with E-state index in [1.54, 1.807) is 0 Å². The fourth-order valence-corrected chi connectivity index (χ4v) is 1.51. The number of anilines is 1. The van der Waals surface area contributed by atoms with Crippen LogP contribution in [0, 0.1) is 6.92 Å². The second-order valence-electron chi connectivity index (χ2n) is 3.89. The highest BCUT2D eigenvalue weighted by atomic mass is 79.9. The van der Waals surface area contributed by atoms with Crippen LogP contribution in [0.1, 0.15) is 19.4 Å². The average Bonchev–Trinajstić information content (AvgIpc) is 2.20. The standard InChI is InChI=1S/C12H16BrNO2/c1-8(2)16-7-12(15)14-11-6-9(3)4-5-10(11)13/h4-6,8H,7H2,1-3H3,(H,14,15). The van der Waals surface area contributed by atoms with Crippen LogP contribution in [-0.2, 0) is 9.53 Å². The van der Waals surface area contributed by atoms with Crippen LogP contribution in [0.4, 0.5) is 5.69 Å². The molecular formula is C12H16BrNO2. The molecule has 1 aromatic rings. The molecule has 0 radical (unpaired) electrons. The molecule has 1 N–H and O–H groups in total. The van der Waals surface area contributed by atoms with Crippen molar-refractivity contribution in [3.05, 3.63) is 28.2 Å². The number of hydrogen-bond donors (Lipinski definition) is 1. The zero-order valence-corrected chi connectivity index (χ0v) is 11.3. The SMILES string of the molecule is Cc1ccc(Br)c(NC(=O)COC(C)C)c1. The van der Waals surface area contributed by atoms with Crippen LogP contribution in [0.5, 0.6) is 0 Å². The van der Waals surface area contributed by atoms with E-state index in [0.717, 1.165) is 15.7 Å². The van der Waals surface area contributed by atoms with Gasteiger partial charge in [0.25, 0.3) is 0 Å². The molecule has 3 nitrogen and oxygen atoms in total. The quantitative estimate of drug-likeness (QED) is 0.923. The van der Waals surface area contributed by atoms with E-state index in [1.807, 2.05) is 39.0 Å². The summed E-state index contributed by atoms with van der Waals surface area (Å²) in [5.41, 5.74) is 1.88. The van der Waals surface area contributed by atoms with Gasteiger partial charge in [0.15, 0.2) is 0 Å². The second-order valence-corrected chi connectivity index (χ2v) is 4.75. The van der Waals surface area contributed by atoms with Crippen LogP contribution in [0.2, 0.25) is 0 Å². The molecule has 0 fully saturated rings. The Balaban J connectivity index is 2.59. The van der Waals surface area contributed by atoms with Crippen molar-refractivity contribution in [3.8, 4) is 0 Å². The van der Waals surface area contributed by atoms with E-state index in [2.05, 4.69) is 21.2 Å². The molecule has 0 aliphatic heterocycles. The Bertz CT molecular complexity index is 377. The number of rotatable bonds is 4. The summed E-state index contributed by atoms with van der Waals surface area (Å²) in [6.45, 7) is 5.86. The third-order valence-electron chi connectivity index (χ3n) is 1.94. The van der Waals surface area contributed by atoms with E-state index in [1.165, 1.54) is 0 Å². The van der Waals surface area contributed by atoms with Crippen LogP contribution in [0.25, 0.3) is 0 Å². The molecule has 0 bridgehead atoms. The first-order valence-electron chi connectivity index (χ1n) is 5.16. The lowest BCUT2D eigenvalue weighted by Gasteiger charge is -2.10. The number of benzene rings is 1. The van der Waals surface area contributed by atoms with Crippen LogP contribution in [0.3, 0.4) is 0 Å². The molecule has 0 spiro atoms. The van der Waals surface area contributed by atoms with Gasteiger partial charge in [-0.1, -0.05) is 6.07 Å². The maximum atomic E-state index is 11.5. The maximum Gasteiger partial charge on any atom is 0.250 e. The predicted octanol–water partition coefficient (Wildman–Crippen LogP) is 3.12. The molecule has 0 heterocycles. The van der Waals surface area contributed by atoms with E-state index in [9.17, 15) is 4.79 Å². The third kappa shape index (κ3) is 4.33. The number of ether oxygens (including phenoxy) is 1. The molecule has 1 aromatic carbocycles. The van der Waals surface area contributed by atoms with Gasteiger partial charge in [-0.05, 0) is 54.4 Å². The molecule has 0 saturated heterocycles. The minimum Gasteiger partial charge on any atom is -0.369 e. The number of hydrogen-bond acceptors (Lipinski definition) is 2. The Morgan fingerprint density at radius 1 is 1.50 bits per heavy atom. The summed E-state index contributed by atoms with van der Waals surface area (Å²) < 4.78 is 6.09. The number of carbonyl (C=O) groups excluding carboxylic acids is 1. The molecular weight excluding hydrogens is 270 g/mol. The topological polar surface area (TPSA) is 38.3 Å². The van der Waals surface area contributed by atoms with Gasteiger partial charge in [0, 0.05) is 4.47 Å². The second kappa shape index (κ2) is 6.01. The summed E-state index contributed by atoms with van der Waals surface area (Å²) in [6, 6.07) is 5.80. The lowest BCUT2D eigenvalue weighted by atomic mass is 10.2. The molecule has 0 aliphatic rings. The lowest BCUT2D eigenvalue weighted by Crippen LogP contribution is -2.20. The largest absolute Gasteiger partial charge is 0.369 e. The molecule has 0 unspecified atom stereocenters. The molecule has 0 saturated carbocycles. The van der Waals surface area contributed by atoms with Crippen LogP contribution in [-0.4, -0.2) is 18.6 Å². The van der Waals surface area contributed by atoms with E-state index in [4.69, 9.17) is 4.74 Å². The van der Waals surface area contributed by atoms with Gasteiger partial charge in [-0.15, -0.1) is 0 Å². The van der Waals surface area contributed by atoms with Crippen molar-refractivity contribution in [3.63, 3.8) is 0 Å². The Labute approximate surface area is 104 Å². The van der Waals surface area contributed by atoms with Crippen molar-refractivity contribution in [2.24, 2.45) is 0 Å². The van der Waals surface area contributed by atoms with Gasteiger partial charge in [-0.25, -0.2) is 0 Å². The molecule has 16 heavy (non-hydrogen) atoms. The first kappa shape index (κ1) is 13.2. The first-order chi connectivity index (χ1) is 7.49. The maximum absolute atomic E-state index is 11.5. The van der Waals surface area contributed by atoms with E-state index in [0.29, 0.717) is 0 Å². The highest BCUT2D eigenvalue weighted by molar-refractivity contribution is 9.10. The van der Waals surface area contributed by atoms with Crippen molar-refractivity contribution < 1.29 is 9.53 Å². The summed E-state index contributed by atoms with van der Waals surface area (Å²) in [7, 11) is 0. The molecule has 1 amide bonds. The van der Waals surface area contributed by atoms with Crippen LogP contribution < -0.4 is 5.32 Å². The van der Waals surface area contributed by atoms with Crippen LogP contribution in [0.15, 0.2) is 22.7 Å². The Hall–Kier alpha value is -0.870. The monoisotopic (exact) mass is 285 g/mol. The van der Waals surface area contributed by atoms with Crippen molar-refractivity contribution in [2.75, 3.05) is 11.9 Å². The average molecular weight is 286 g/mol. The summed E-state index contributed by atoms with van der Waals surface area (Å²) in [5.74, 6) is -0.139. The van der Waals surface area contributed by atoms with Gasteiger partial charge in [0.1, 0.15) is 6.61 Å². The molecule has 1 rings (SSSR count). The minimum absolute atomic E-state index is 0.0618. The normalized spacial score (nSPS) is 10.6. The van der Waals surface area contributed by atoms with Gasteiger partial charge >= 0.3 is 0 Å². The van der Waals surface area contributed by atoms with E-state index < -0.39 is 0 Å². The number of carbonyl (C=O) groups is 1. The number of aryl methyl sites for hydroxylation is 1. The van der Waals surface area contributed by atoms with Gasteiger partial charge in [-0.3, -0.25) is 4.79 Å². The zero-order valence-electron chi connectivity index (χ0n) is 9.71. The van der Waals surface area contributed by atoms with Gasteiger partial charge in [-0.2, -0.15) is 0 Å². The Morgan fingerprint density at radius 3 is 2.81 bits per heavy atom. The van der Waals surface area contributed by atoms with Crippen LogP contribution >= 0.6 is 15.9 Å². The molecule has 88 valence electrons. The first-order valence-corrected chi connectivity index (χ1v) is 5.96. The minimum atomic E-state index is -0.139. The predicted molar refractivity (Wildman–Crippen MR) is 68.6 cm³/mol. The van der Waals surface area contributed by atoms with Crippen molar-refractivity contribution in [2.45, 2.75) is 26.9 Å². The van der Waals surface area contributed by atoms with Gasteiger partial charge < -0.3 is 10.1 Å². The van der Waals surface area contributed by atoms with Crippen molar-refractivity contribution in [1.82, 2.24) is 0 Å². The molecule has 0 aliphatic carbocycles. The van der Waals surface area contributed by atoms with Gasteiger partial charge in [0.2, 0.25) is 5.91 Å². The van der Waals surface area contributed by atoms with Gasteiger partial charge in [0.05, 0.1) is 11.8 Å². The number of nitrogens with one attached hydrogen (secondary N) is 1. The molecule has 0 aromatic heterocycles. The van der Waals surface area contributed by atoms with Crippen molar-refractivity contribution >= 4 is 27.5 Å². The fraction of sp³-hybridized carbons (Fsp3) is 0.417. The summed E-state index contributed by atoms with van der Waals surface area (Å²) in [5, 5.41) is 2.80. The third-order valence-corrected chi connectivity index (χ3v) is 2.64. The molecule has 0 atom stereocenters. The Morgan fingerprint density at radius 2 is 2.19 bits per heavy atom. The fourth-order valence-electron chi connectivity index (χ4n) is 1.16. The summed E-state index contributed by atoms with van der Waals surface area (Å²) in [6.07, 6.45) is 0.0618. The number of amides is 1. The summed E-state index contributed by atoms with van der Waals surface area (Å²) >= 11 is 3.38. The highest BCUT2D eigenvalue weighted by Crippen LogP contribution is 2.23. The zero-order chi connectivity index (χ0) is 12.1. The van der Waals surface area contributed by atoms with E-state index >= 15 is 0 Å². The number of halogens is 1. The smallest absolute Gasteiger partial charge is 0.250 e. The molecule has 4 heteroatoms. The lowest BCUT2D eigenvalue weighted by molar-refractivity contribution is -0.121. The Kier molecular flexibility index (Phi) is 4.96. The summed E-state index contributed by atoms with van der Waals surface area (Å²) in [4.78, 5) is 11.5. The highest BCUT2D eigenvalue weighted by Gasteiger charge is 2.06. The van der Waals surface area contributed by atoms with E-state index in [-0.39, 0.29) is 18.6 Å².